The highest BCUT2D eigenvalue weighted by Gasteiger charge is 2.27. The first-order chi connectivity index (χ1) is 9.74. The highest BCUT2D eigenvalue weighted by Crippen LogP contribution is 2.31. The topological polar surface area (TPSA) is 64.5 Å². The maximum absolute atomic E-state index is 9.40. The van der Waals surface area contributed by atoms with Gasteiger partial charge in [-0.3, -0.25) is 0 Å². The van der Waals surface area contributed by atoms with Crippen LogP contribution in [-0.4, -0.2) is 23.3 Å². The first-order valence-corrected chi connectivity index (χ1v) is 6.79. The lowest BCUT2D eigenvalue weighted by Crippen LogP contribution is -2.45. The van der Waals surface area contributed by atoms with Gasteiger partial charge in [-0.2, -0.15) is 0 Å². The Morgan fingerprint density at radius 1 is 0.650 bits per heavy atom. The number of phenolic OH excluding ortho intramolecular Hbond substituents is 2. The van der Waals surface area contributed by atoms with Crippen LogP contribution in [-0.2, 0) is 0 Å². The molecule has 2 aromatic rings. The van der Waals surface area contributed by atoms with Crippen LogP contribution in [0.5, 0.6) is 11.5 Å². The van der Waals surface area contributed by atoms with Crippen LogP contribution in [0.15, 0.2) is 48.5 Å². The van der Waals surface area contributed by atoms with E-state index in [9.17, 15) is 10.2 Å². The largest absolute Gasteiger partial charge is 0.508 e. The fraction of sp³-hybridized carbons (Fsp3) is 0.250. The molecular formula is C16H18N2O2. The Hall–Kier alpha value is -2.04. The van der Waals surface area contributed by atoms with Crippen molar-refractivity contribution in [2.45, 2.75) is 12.1 Å². The van der Waals surface area contributed by atoms with Crippen LogP contribution in [0.4, 0.5) is 0 Å². The van der Waals surface area contributed by atoms with Gasteiger partial charge in [0.15, 0.2) is 0 Å². The summed E-state index contributed by atoms with van der Waals surface area (Å²) in [6, 6.07) is 14.9. The monoisotopic (exact) mass is 270 g/mol. The quantitative estimate of drug-likeness (QED) is 0.674. The van der Waals surface area contributed by atoms with Crippen molar-refractivity contribution in [1.82, 2.24) is 10.6 Å². The second-order valence-corrected chi connectivity index (χ2v) is 5.05. The molecule has 0 aliphatic carbocycles. The normalized spacial score (nSPS) is 22.6. The average molecular weight is 270 g/mol. The molecule has 1 saturated heterocycles. The Morgan fingerprint density at radius 2 is 1.00 bits per heavy atom. The number of rotatable bonds is 2. The summed E-state index contributed by atoms with van der Waals surface area (Å²) in [5.41, 5.74) is 2.26. The lowest BCUT2D eigenvalue weighted by molar-refractivity contribution is 0.332. The first kappa shape index (κ1) is 13.0. The van der Waals surface area contributed by atoms with Crippen LogP contribution in [0, 0.1) is 0 Å². The molecule has 0 bridgehead atoms. The number of hydrogen-bond acceptors (Lipinski definition) is 4. The Labute approximate surface area is 118 Å². The molecule has 0 amide bonds. The van der Waals surface area contributed by atoms with Crippen LogP contribution >= 0.6 is 0 Å². The maximum atomic E-state index is 9.40. The summed E-state index contributed by atoms with van der Waals surface area (Å²) in [7, 11) is 0. The molecule has 1 aliphatic rings. The van der Waals surface area contributed by atoms with Crippen LogP contribution in [0.3, 0.4) is 0 Å². The molecule has 1 fully saturated rings. The molecule has 2 aromatic carbocycles. The Morgan fingerprint density at radius 3 is 1.35 bits per heavy atom. The Balaban J connectivity index is 1.90. The minimum atomic E-state index is 0.147. The lowest BCUT2D eigenvalue weighted by Gasteiger charge is -2.34. The van der Waals surface area contributed by atoms with Crippen molar-refractivity contribution in [2.75, 3.05) is 13.1 Å². The molecule has 20 heavy (non-hydrogen) atoms. The van der Waals surface area contributed by atoms with E-state index in [1.165, 1.54) is 0 Å². The predicted octanol–water partition coefficient (Wildman–Crippen LogP) is 2.07. The summed E-state index contributed by atoms with van der Waals surface area (Å²) in [6.07, 6.45) is 0. The van der Waals surface area contributed by atoms with Gasteiger partial charge in [0.05, 0.1) is 12.1 Å². The summed E-state index contributed by atoms with van der Waals surface area (Å²) < 4.78 is 0. The van der Waals surface area contributed by atoms with Crippen LogP contribution in [0.25, 0.3) is 0 Å². The molecule has 2 atom stereocenters. The second-order valence-electron chi connectivity index (χ2n) is 5.05. The molecule has 4 heteroatoms. The predicted molar refractivity (Wildman–Crippen MR) is 77.7 cm³/mol. The molecule has 1 aliphatic heterocycles. The third kappa shape index (κ3) is 2.61. The van der Waals surface area contributed by atoms with Gasteiger partial charge in [-0.05, 0) is 35.4 Å². The molecule has 0 radical (unpaired) electrons. The van der Waals surface area contributed by atoms with Gasteiger partial charge in [-0.25, -0.2) is 0 Å². The van der Waals surface area contributed by atoms with E-state index in [1.54, 1.807) is 24.3 Å². The Bertz CT molecular complexity index is 513. The molecule has 1 heterocycles. The third-order valence-electron chi connectivity index (χ3n) is 3.69. The zero-order valence-electron chi connectivity index (χ0n) is 11.1. The number of piperazine rings is 1. The zero-order chi connectivity index (χ0) is 13.9. The summed E-state index contributed by atoms with van der Waals surface area (Å²) in [6.45, 7) is 1.81. The molecule has 3 rings (SSSR count). The van der Waals surface area contributed by atoms with Gasteiger partial charge in [0.2, 0.25) is 0 Å². The van der Waals surface area contributed by atoms with Crippen molar-refractivity contribution in [1.29, 1.82) is 0 Å². The fourth-order valence-electron chi connectivity index (χ4n) is 2.67. The van der Waals surface area contributed by atoms with Gasteiger partial charge < -0.3 is 20.8 Å². The van der Waals surface area contributed by atoms with Crippen molar-refractivity contribution in [3.63, 3.8) is 0 Å². The van der Waals surface area contributed by atoms with E-state index < -0.39 is 0 Å². The van der Waals surface area contributed by atoms with Gasteiger partial charge in [0.25, 0.3) is 0 Å². The van der Waals surface area contributed by atoms with Crippen LogP contribution in [0.2, 0.25) is 0 Å². The van der Waals surface area contributed by atoms with E-state index in [0.29, 0.717) is 0 Å². The lowest BCUT2D eigenvalue weighted by atomic mass is 9.91. The van der Waals surface area contributed by atoms with Crippen LogP contribution < -0.4 is 10.6 Å². The van der Waals surface area contributed by atoms with Crippen molar-refractivity contribution < 1.29 is 10.2 Å². The molecule has 104 valence electrons. The van der Waals surface area contributed by atoms with E-state index in [1.807, 2.05) is 24.3 Å². The SMILES string of the molecule is Oc1ccc([C@H]2NCCN[C@H]2c2ccc(O)cc2)cc1. The molecular weight excluding hydrogens is 252 g/mol. The highest BCUT2D eigenvalue weighted by molar-refractivity contribution is 5.34. The van der Waals surface area contributed by atoms with E-state index in [-0.39, 0.29) is 23.6 Å². The third-order valence-corrected chi connectivity index (χ3v) is 3.69. The fourth-order valence-corrected chi connectivity index (χ4v) is 2.67. The number of phenols is 2. The van der Waals surface area contributed by atoms with Crippen molar-refractivity contribution in [3.8, 4) is 11.5 Å². The highest BCUT2D eigenvalue weighted by atomic mass is 16.3. The van der Waals surface area contributed by atoms with Crippen molar-refractivity contribution in [2.24, 2.45) is 0 Å². The number of benzene rings is 2. The molecule has 4 nitrogen and oxygen atoms in total. The molecule has 0 spiro atoms. The summed E-state index contributed by atoms with van der Waals surface area (Å²) in [5, 5.41) is 25.8. The van der Waals surface area contributed by atoms with Crippen LogP contribution in [0.1, 0.15) is 23.2 Å². The van der Waals surface area contributed by atoms with Crippen molar-refractivity contribution >= 4 is 0 Å². The molecule has 0 unspecified atom stereocenters. The van der Waals surface area contributed by atoms with E-state index in [2.05, 4.69) is 10.6 Å². The smallest absolute Gasteiger partial charge is 0.115 e. The molecule has 0 aromatic heterocycles. The minimum absolute atomic E-state index is 0.147. The van der Waals surface area contributed by atoms with Gasteiger partial charge in [0.1, 0.15) is 11.5 Å². The number of hydrogen-bond donors (Lipinski definition) is 4. The molecule has 0 saturated carbocycles. The molecule has 4 N–H and O–H groups in total. The van der Waals surface area contributed by atoms with Gasteiger partial charge >= 0.3 is 0 Å². The van der Waals surface area contributed by atoms with E-state index >= 15 is 0 Å². The van der Waals surface area contributed by atoms with E-state index in [4.69, 9.17) is 0 Å². The first-order valence-electron chi connectivity index (χ1n) is 6.79. The maximum Gasteiger partial charge on any atom is 0.115 e. The summed E-state index contributed by atoms with van der Waals surface area (Å²) in [5.74, 6) is 0.553. The standard InChI is InChI=1S/C16H18N2O2/c19-13-5-1-11(2-6-13)15-16(18-10-9-17-15)12-3-7-14(20)8-4-12/h1-8,15-20H,9-10H2/t15-,16+. The summed E-state index contributed by atoms with van der Waals surface area (Å²) in [4.78, 5) is 0. The number of nitrogens with one attached hydrogen (secondary N) is 2. The second kappa shape index (κ2) is 5.53. The Kier molecular flexibility index (Phi) is 3.58. The summed E-state index contributed by atoms with van der Waals surface area (Å²) >= 11 is 0. The minimum Gasteiger partial charge on any atom is -0.508 e. The van der Waals surface area contributed by atoms with E-state index in [0.717, 1.165) is 24.2 Å². The number of aromatic hydroxyl groups is 2. The van der Waals surface area contributed by atoms with Gasteiger partial charge in [-0.15, -0.1) is 0 Å². The van der Waals surface area contributed by atoms with Crippen molar-refractivity contribution in [3.05, 3.63) is 59.7 Å². The van der Waals surface area contributed by atoms with Gasteiger partial charge in [-0.1, -0.05) is 24.3 Å². The zero-order valence-corrected chi connectivity index (χ0v) is 11.1. The van der Waals surface area contributed by atoms with Gasteiger partial charge in [0, 0.05) is 13.1 Å². The average Bonchev–Trinajstić information content (AvgIpc) is 2.49.